The Morgan fingerprint density at radius 2 is 1.90 bits per heavy atom. The summed E-state index contributed by atoms with van der Waals surface area (Å²) in [5.41, 5.74) is 0.428. The lowest BCUT2D eigenvalue weighted by atomic mass is 10.3. The number of benzene rings is 2. The second kappa shape index (κ2) is 7.28. The normalized spacial score (nSPS) is 10.0. The maximum Gasteiger partial charge on any atom is 0.227 e. The highest BCUT2D eigenvalue weighted by Crippen LogP contribution is 2.25. The van der Waals surface area contributed by atoms with E-state index in [1.165, 1.54) is 18.2 Å². The summed E-state index contributed by atoms with van der Waals surface area (Å²) in [7, 11) is 1.55. The highest BCUT2D eigenvalue weighted by molar-refractivity contribution is 5.90. The Hall–Kier alpha value is -2.56. The summed E-state index contributed by atoms with van der Waals surface area (Å²) in [5, 5.41) is 2.61. The Labute approximate surface area is 122 Å². The van der Waals surface area contributed by atoms with Crippen LogP contribution in [-0.2, 0) is 4.79 Å². The lowest BCUT2D eigenvalue weighted by Crippen LogP contribution is -2.15. The first kappa shape index (κ1) is 14.8. The molecular formula is C16H16FNO3. The van der Waals surface area contributed by atoms with Crippen LogP contribution >= 0.6 is 0 Å². The molecule has 0 bridgehead atoms. The number of amides is 1. The molecule has 2 aromatic carbocycles. The van der Waals surface area contributed by atoms with E-state index >= 15 is 0 Å². The molecule has 0 aromatic heterocycles. The molecule has 0 aliphatic rings. The predicted octanol–water partition coefficient (Wildman–Crippen LogP) is 3.24. The molecule has 0 atom stereocenters. The number of para-hydroxylation sites is 2. The summed E-state index contributed by atoms with van der Waals surface area (Å²) >= 11 is 0. The third-order valence-electron chi connectivity index (χ3n) is 2.76. The Kier molecular flexibility index (Phi) is 5.15. The molecule has 0 spiro atoms. The average Bonchev–Trinajstić information content (AvgIpc) is 2.47. The molecule has 5 heteroatoms. The molecule has 21 heavy (non-hydrogen) atoms. The van der Waals surface area contributed by atoms with E-state index in [2.05, 4.69) is 5.32 Å². The van der Waals surface area contributed by atoms with Crippen molar-refractivity contribution in [3.05, 3.63) is 54.3 Å². The first-order valence-corrected chi connectivity index (χ1v) is 6.50. The molecule has 0 heterocycles. The van der Waals surface area contributed by atoms with Gasteiger partial charge in [0.2, 0.25) is 5.91 Å². The van der Waals surface area contributed by atoms with Crippen molar-refractivity contribution in [1.82, 2.24) is 0 Å². The third kappa shape index (κ3) is 4.49. The molecule has 2 rings (SSSR count). The van der Waals surface area contributed by atoms with Crippen molar-refractivity contribution in [1.29, 1.82) is 0 Å². The minimum absolute atomic E-state index is 0.161. The Balaban J connectivity index is 1.82. The summed E-state index contributed by atoms with van der Waals surface area (Å²) in [6.07, 6.45) is 0.161. The van der Waals surface area contributed by atoms with E-state index in [1.54, 1.807) is 25.3 Å². The van der Waals surface area contributed by atoms with Crippen molar-refractivity contribution in [2.75, 3.05) is 19.0 Å². The standard InChI is InChI=1S/C16H16FNO3/c1-20-14-7-2-3-8-15(14)21-10-9-16(19)18-13-6-4-5-12(17)11-13/h2-8,11H,9-10H2,1H3,(H,18,19). The molecule has 110 valence electrons. The Bertz CT molecular complexity index is 616. The number of anilines is 1. The lowest BCUT2D eigenvalue weighted by molar-refractivity contribution is -0.116. The largest absolute Gasteiger partial charge is 0.493 e. The number of rotatable bonds is 6. The van der Waals surface area contributed by atoms with Crippen LogP contribution in [0.15, 0.2) is 48.5 Å². The summed E-state index contributed by atoms with van der Waals surface area (Å²) in [6, 6.07) is 13.0. The predicted molar refractivity (Wildman–Crippen MR) is 78.1 cm³/mol. The van der Waals surface area contributed by atoms with Crippen LogP contribution in [0.2, 0.25) is 0 Å². The molecule has 4 nitrogen and oxygen atoms in total. The minimum atomic E-state index is -0.391. The van der Waals surface area contributed by atoms with Crippen molar-refractivity contribution in [2.24, 2.45) is 0 Å². The fourth-order valence-electron chi connectivity index (χ4n) is 1.78. The van der Waals surface area contributed by atoms with E-state index in [-0.39, 0.29) is 18.9 Å². The van der Waals surface area contributed by atoms with Crippen molar-refractivity contribution in [3.63, 3.8) is 0 Å². The fraction of sp³-hybridized carbons (Fsp3) is 0.188. The van der Waals surface area contributed by atoms with Gasteiger partial charge in [0, 0.05) is 5.69 Å². The van der Waals surface area contributed by atoms with Gasteiger partial charge in [0.15, 0.2) is 11.5 Å². The van der Waals surface area contributed by atoms with Gasteiger partial charge in [-0.2, -0.15) is 0 Å². The zero-order valence-electron chi connectivity index (χ0n) is 11.6. The maximum absolute atomic E-state index is 13.0. The number of nitrogens with one attached hydrogen (secondary N) is 1. The van der Waals surface area contributed by atoms with Gasteiger partial charge in [0.1, 0.15) is 5.82 Å². The van der Waals surface area contributed by atoms with Gasteiger partial charge in [-0.3, -0.25) is 4.79 Å². The van der Waals surface area contributed by atoms with Gasteiger partial charge in [-0.15, -0.1) is 0 Å². The van der Waals surface area contributed by atoms with E-state index in [1.807, 2.05) is 12.1 Å². The van der Waals surface area contributed by atoms with Gasteiger partial charge in [0.05, 0.1) is 20.1 Å². The molecule has 0 saturated carbocycles. The summed E-state index contributed by atoms with van der Waals surface area (Å²) in [4.78, 5) is 11.7. The van der Waals surface area contributed by atoms with Crippen LogP contribution in [0.5, 0.6) is 11.5 Å². The fourth-order valence-corrected chi connectivity index (χ4v) is 1.78. The van der Waals surface area contributed by atoms with Crippen LogP contribution in [0, 0.1) is 5.82 Å². The molecule has 2 aromatic rings. The highest BCUT2D eigenvalue weighted by Gasteiger charge is 2.06. The summed E-state index contributed by atoms with van der Waals surface area (Å²) in [6.45, 7) is 0.210. The van der Waals surface area contributed by atoms with Crippen LogP contribution in [0.1, 0.15) is 6.42 Å². The molecule has 1 N–H and O–H groups in total. The van der Waals surface area contributed by atoms with Crippen molar-refractivity contribution in [3.8, 4) is 11.5 Å². The van der Waals surface area contributed by atoms with Crippen LogP contribution in [-0.4, -0.2) is 19.6 Å². The van der Waals surface area contributed by atoms with Crippen molar-refractivity contribution < 1.29 is 18.7 Å². The molecule has 0 unspecified atom stereocenters. The SMILES string of the molecule is COc1ccccc1OCCC(=O)Nc1cccc(F)c1. The van der Waals surface area contributed by atoms with Gasteiger partial charge < -0.3 is 14.8 Å². The van der Waals surface area contributed by atoms with E-state index < -0.39 is 5.82 Å². The molecule has 1 amide bonds. The highest BCUT2D eigenvalue weighted by atomic mass is 19.1. The van der Waals surface area contributed by atoms with Gasteiger partial charge in [-0.1, -0.05) is 18.2 Å². The van der Waals surface area contributed by atoms with E-state index in [9.17, 15) is 9.18 Å². The molecular weight excluding hydrogens is 273 g/mol. The topological polar surface area (TPSA) is 47.6 Å². The second-order valence-corrected chi connectivity index (χ2v) is 4.31. The second-order valence-electron chi connectivity index (χ2n) is 4.31. The van der Waals surface area contributed by atoms with Crippen LogP contribution in [0.25, 0.3) is 0 Å². The van der Waals surface area contributed by atoms with Gasteiger partial charge >= 0.3 is 0 Å². The lowest BCUT2D eigenvalue weighted by Gasteiger charge is -2.10. The molecule has 0 aliphatic heterocycles. The van der Waals surface area contributed by atoms with E-state index in [4.69, 9.17) is 9.47 Å². The number of hydrogen-bond donors (Lipinski definition) is 1. The number of ether oxygens (including phenoxy) is 2. The number of hydrogen-bond acceptors (Lipinski definition) is 3. The molecule has 0 fully saturated rings. The van der Waals surface area contributed by atoms with Crippen LogP contribution in [0.4, 0.5) is 10.1 Å². The van der Waals surface area contributed by atoms with Crippen LogP contribution < -0.4 is 14.8 Å². The third-order valence-corrected chi connectivity index (χ3v) is 2.76. The van der Waals surface area contributed by atoms with Gasteiger partial charge in [-0.25, -0.2) is 4.39 Å². The monoisotopic (exact) mass is 289 g/mol. The zero-order chi connectivity index (χ0) is 15.1. The van der Waals surface area contributed by atoms with Crippen molar-refractivity contribution >= 4 is 11.6 Å². The van der Waals surface area contributed by atoms with Crippen LogP contribution in [0.3, 0.4) is 0 Å². The minimum Gasteiger partial charge on any atom is -0.493 e. The smallest absolute Gasteiger partial charge is 0.227 e. The first-order chi connectivity index (χ1) is 10.2. The Morgan fingerprint density at radius 1 is 1.14 bits per heavy atom. The maximum atomic E-state index is 13.0. The van der Waals surface area contributed by atoms with Crippen molar-refractivity contribution in [2.45, 2.75) is 6.42 Å². The van der Waals surface area contributed by atoms with E-state index in [0.717, 1.165) is 0 Å². The quantitative estimate of drug-likeness (QED) is 0.888. The number of methoxy groups -OCH3 is 1. The average molecular weight is 289 g/mol. The molecule has 0 radical (unpaired) electrons. The van der Waals surface area contributed by atoms with Gasteiger partial charge in [0.25, 0.3) is 0 Å². The number of halogens is 1. The van der Waals surface area contributed by atoms with Gasteiger partial charge in [-0.05, 0) is 30.3 Å². The van der Waals surface area contributed by atoms with E-state index in [0.29, 0.717) is 17.2 Å². The molecule has 0 saturated heterocycles. The number of carbonyl (C=O) groups is 1. The Morgan fingerprint density at radius 3 is 2.62 bits per heavy atom. The zero-order valence-corrected chi connectivity index (χ0v) is 11.6. The summed E-state index contributed by atoms with van der Waals surface area (Å²) in [5.74, 6) is 0.565. The first-order valence-electron chi connectivity index (χ1n) is 6.50. The summed E-state index contributed by atoms with van der Waals surface area (Å²) < 4.78 is 23.6. The molecule has 0 aliphatic carbocycles. The number of carbonyl (C=O) groups excluding carboxylic acids is 1.